The third-order valence-electron chi connectivity index (χ3n) is 11.2. The van der Waals surface area contributed by atoms with E-state index in [1.807, 2.05) is 0 Å². The molecular weight excluding hydrogens is 641 g/mol. The molecule has 0 atom stereocenters. The number of benzene rings is 8. The van der Waals surface area contributed by atoms with E-state index in [9.17, 15) is 0 Å². The van der Waals surface area contributed by atoms with E-state index in [0.29, 0.717) is 0 Å². The van der Waals surface area contributed by atoms with E-state index in [4.69, 9.17) is 0 Å². The van der Waals surface area contributed by atoms with Gasteiger partial charge in [-0.15, -0.1) is 0 Å². The van der Waals surface area contributed by atoms with E-state index in [0.717, 1.165) is 22.7 Å². The summed E-state index contributed by atoms with van der Waals surface area (Å²) < 4.78 is 2.46. The van der Waals surface area contributed by atoms with Gasteiger partial charge in [0.2, 0.25) is 0 Å². The van der Waals surface area contributed by atoms with Crippen LogP contribution in [0.5, 0.6) is 0 Å². The van der Waals surface area contributed by atoms with Crippen molar-refractivity contribution >= 4 is 38.9 Å². The lowest BCUT2D eigenvalue weighted by Crippen LogP contribution is -2.14. The van der Waals surface area contributed by atoms with Crippen molar-refractivity contribution in [2.24, 2.45) is 0 Å². The Balaban J connectivity index is 1.12. The van der Waals surface area contributed by atoms with Gasteiger partial charge in [-0.1, -0.05) is 147 Å². The highest BCUT2D eigenvalue weighted by Gasteiger charge is 2.36. The third kappa shape index (κ3) is 5.10. The van der Waals surface area contributed by atoms with Gasteiger partial charge in [0.05, 0.1) is 11.0 Å². The molecule has 0 saturated carbocycles. The highest BCUT2D eigenvalue weighted by molar-refractivity contribution is 6.12. The van der Waals surface area contributed by atoms with Crippen molar-refractivity contribution in [3.05, 3.63) is 205 Å². The van der Waals surface area contributed by atoms with Crippen LogP contribution in [-0.2, 0) is 5.41 Å². The Labute approximate surface area is 310 Å². The lowest BCUT2D eigenvalue weighted by atomic mass is 9.82. The molecule has 0 bridgehead atoms. The van der Waals surface area contributed by atoms with Crippen molar-refractivity contribution in [3.8, 4) is 39.1 Å². The maximum absolute atomic E-state index is 2.46. The Morgan fingerprint density at radius 2 is 0.887 bits per heavy atom. The van der Waals surface area contributed by atoms with Crippen LogP contribution in [0.15, 0.2) is 194 Å². The summed E-state index contributed by atoms with van der Waals surface area (Å²) in [6, 6.07) is 70.7. The molecule has 9 aromatic rings. The minimum Gasteiger partial charge on any atom is -0.310 e. The van der Waals surface area contributed by atoms with E-state index in [1.54, 1.807) is 0 Å². The maximum atomic E-state index is 2.46. The van der Waals surface area contributed by atoms with Gasteiger partial charge in [0.1, 0.15) is 0 Å². The number of nitrogens with zero attached hydrogens (tertiary/aromatic N) is 2. The van der Waals surface area contributed by atoms with Gasteiger partial charge in [0.15, 0.2) is 0 Å². The Bertz CT molecular complexity index is 2760. The number of para-hydroxylation sites is 2. The molecule has 1 aliphatic rings. The minimum atomic E-state index is -0.0799. The SMILES string of the molecule is CC1(C)c2ccccc2-c2cc3c4ccc(N(c5ccccc5)c5ccc(-c6ccc(-c7ccccc7)cc6)cc5)cc4n(-c4ccccc4)c3cc21. The second kappa shape index (κ2) is 12.3. The molecule has 8 aromatic carbocycles. The summed E-state index contributed by atoms with van der Waals surface area (Å²) >= 11 is 0. The van der Waals surface area contributed by atoms with Gasteiger partial charge >= 0.3 is 0 Å². The molecule has 0 saturated heterocycles. The second-order valence-corrected chi connectivity index (χ2v) is 14.6. The van der Waals surface area contributed by atoms with Crippen LogP contribution in [0.1, 0.15) is 25.0 Å². The van der Waals surface area contributed by atoms with Gasteiger partial charge in [-0.2, -0.15) is 0 Å². The predicted molar refractivity (Wildman–Crippen MR) is 224 cm³/mol. The normalized spacial score (nSPS) is 12.9. The second-order valence-electron chi connectivity index (χ2n) is 14.6. The molecule has 0 fully saturated rings. The Hall–Kier alpha value is -6.64. The fourth-order valence-electron chi connectivity index (χ4n) is 8.51. The standard InChI is InChI=1S/C51H38N2/c1-51(2)47-21-13-12-20-43(47)45-33-46-44-31-30-42(32-49(44)53(50(46)34-48(45)51)40-18-10-5-11-19-40)52(39-16-8-4-9-17-39)41-28-26-38(27-29-41)37-24-22-36(23-25-37)35-14-6-3-7-15-35/h3-34H,1-2H3. The van der Waals surface area contributed by atoms with Crippen LogP contribution in [0, 0.1) is 0 Å². The summed E-state index contributed by atoms with van der Waals surface area (Å²) in [7, 11) is 0. The summed E-state index contributed by atoms with van der Waals surface area (Å²) in [5.74, 6) is 0. The topological polar surface area (TPSA) is 8.17 Å². The molecule has 2 nitrogen and oxygen atoms in total. The quantitative estimate of drug-likeness (QED) is 0.170. The van der Waals surface area contributed by atoms with E-state index < -0.39 is 0 Å². The number of hydrogen-bond donors (Lipinski definition) is 0. The largest absolute Gasteiger partial charge is 0.310 e. The lowest BCUT2D eigenvalue weighted by molar-refractivity contribution is 0.661. The first-order valence-electron chi connectivity index (χ1n) is 18.4. The maximum Gasteiger partial charge on any atom is 0.0561 e. The first-order valence-corrected chi connectivity index (χ1v) is 18.4. The van der Waals surface area contributed by atoms with E-state index in [2.05, 4.69) is 217 Å². The van der Waals surface area contributed by atoms with Gasteiger partial charge in [-0.05, 0) is 105 Å². The highest BCUT2D eigenvalue weighted by Crippen LogP contribution is 2.51. The summed E-state index contributed by atoms with van der Waals surface area (Å²) in [6.07, 6.45) is 0. The summed E-state index contributed by atoms with van der Waals surface area (Å²) in [6.45, 7) is 4.72. The molecule has 1 aromatic heterocycles. The van der Waals surface area contributed by atoms with Crippen molar-refractivity contribution in [1.29, 1.82) is 0 Å². The summed E-state index contributed by atoms with van der Waals surface area (Å²) in [5.41, 5.74) is 17.2. The van der Waals surface area contributed by atoms with Crippen molar-refractivity contribution in [2.75, 3.05) is 4.90 Å². The number of rotatable bonds is 6. The van der Waals surface area contributed by atoms with Crippen LogP contribution in [-0.4, -0.2) is 4.57 Å². The predicted octanol–water partition coefficient (Wildman–Crippen LogP) is 13.9. The fraction of sp³-hybridized carbons (Fsp3) is 0.0588. The summed E-state index contributed by atoms with van der Waals surface area (Å²) in [4.78, 5) is 2.37. The molecule has 10 rings (SSSR count). The van der Waals surface area contributed by atoms with Crippen LogP contribution in [0.3, 0.4) is 0 Å². The smallest absolute Gasteiger partial charge is 0.0561 e. The van der Waals surface area contributed by atoms with E-state index in [1.165, 1.54) is 66.3 Å². The summed E-state index contributed by atoms with van der Waals surface area (Å²) in [5, 5.41) is 2.52. The van der Waals surface area contributed by atoms with Crippen molar-refractivity contribution in [3.63, 3.8) is 0 Å². The first kappa shape index (κ1) is 31.1. The van der Waals surface area contributed by atoms with Gasteiger partial charge in [0.25, 0.3) is 0 Å². The zero-order valence-electron chi connectivity index (χ0n) is 29.9. The Morgan fingerprint density at radius 1 is 0.377 bits per heavy atom. The zero-order valence-corrected chi connectivity index (χ0v) is 29.9. The average molecular weight is 679 g/mol. The Morgan fingerprint density at radius 3 is 1.57 bits per heavy atom. The van der Waals surface area contributed by atoms with Crippen LogP contribution in [0.4, 0.5) is 17.1 Å². The molecule has 0 aliphatic heterocycles. The monoisotopic (exact) mass is 678 g/mol. The Kier molecular flexibility index (Phi) is 7.19. The molecule has 0 unspecified atom stereocenters. The van der Waals surface area contributed by atoms with Crippen molar-refractivity contribution < 1.29 is 0 Å². The number of anilines is 3. The van der Waals surface area contributed by atoms with Crippen LogP contribution >= 0.6 is 0 Å². The van der Waals surface area contributed by atoms with Crippen molar-refractivity contribution in [2.45, 2.75) is 19.3 Å². The number of hydrogen-bond acceptors (Lipinski definition) is 1. The highest BCUT2D eigenvalue weighted by atomic mass is 15.1. The molecule has 0 N–H and O–H groups in total. The molecule has 252 valence electrons. The molecule has 0 spiro atoms. The first-order chi connectivity index (χ1) is 26.0. The molecule has 1 heterocycles. The molecule has 1 aliphatic carbocycles. The van der Waals surface area contributed by atoms with Gasteiger partial charge in [-0.3, -0.25) is 0 Å². The number of fused-ring (bicyclic) bond motifs is 6. The fourth-order valence-corrected chi connectivity index (χ4v) is 8.51. The van der Waals surface area contributed by atoms with Gasteiger partial charge in [-0.25, -0.2) is 0 Å². The molecular formula is C51H38N2. The molecule has 0 radical (unpaired) electrons. The molecule has 2 heteroatoms. The van der Waals surface area contributed by atoms with E-state index in [-0.39, 0.29) is 5.41 Å². The number of aromatic nitrogens is 1. The van der Waals surface area contributed by atoms with Crippen molar-refractivity contribution in [1.82, 2.24) is 4.57 Å². The van der Waals surface area contributed by atoms with Gasteiger partial charge < -0.3 is 9.47 Å². The van der Waals surface area contributed by atoms with E-state index >= 15 is 0 Å². The zero-order chi connectivity index (χ0) is 35.5. The lowest BCUT2D eigenvalue weighted by Gasteiger charge is -2.26. The minimum absolute atomic E-state index is 0.0799. The van der Waals surface area contributed by atoms with Crippen LogP contribution < -0.4 is 4.90 Å². The van der Waals surface area contributed by atoms with Crippen LogP contribution in [0.25, 0.3) is 60.9 Å². The van der Waals surface area contributed by atoms with Gasteiger partial charge in [0, 0.05) is 38.9 Å². The molecule has 0 amide bonds. The molecule has 53 heavy (non-hydrogen) atoms. The average Bonchev–Trinajstić information content (AvgIpc) is 3.66. The third-order valence-corrected chi connectivity index (χ3v) is 11.2. The van der Waals surface area contributed by atoms with Crippen LogP contribution in [0.2, 0.25) is 0 Å².